The highest BCUT2D eigenvalue weighted by molar-refractivity contribution is 5.87. The Labute approximate surface area is 113 Å². The van der Waals surface area contributed by atoms with E-state index in [0.29, 0.717) is 5.92 Å². The molecule has 0 atom stereocenters. The molecule has 2 N–H and O–H groups in total. The molecule has 1 saturated heterocycles. The summed E-state index contributed by atoms with van der Waals surface area (Å²) in [6.45, 7) is 2.18. The van der Waals surface area contributed by atoms with Crippen molar-refractivity contribution in [2.45, 2.75) is 18.8 Å². The van der Waals surface area contributed by atoms with Gasteiger partial charge in [-0.25, -0.2) is 0 Å². The Balaban J connectivity index is 0.00000120. The van der Waals surface area contributed by atoms with E-state index in [-0.39, 0.29) is 12.4 Å². The average Bonchev–Trinajstić information content (AvgIpc) is 2.83. The molecule has 0 bridgehead atoms. The number of hydrogen-bond acceptors (Lipinski definition) is 3. The number of fused-ring (bicyclic) bond motifs is 1. The maximum absolute atomic E-state index is 5.33. The van der Waals surface area contributed by atoms with Gasteiger partial charge in [-0.15, -0.1) is 12.4 Å². The first-order chi connectivity index (χ1) is 8.40. The lowest BCUT2D eigenvalue weighted by Crippen LogP contribution is -2.26. The SMILES string of the molecule is COc1cccc2c(C3CCNCC3)[nH]nc12.Cl. The summed E-state index contributed by atoms with van der Waals surface area (Å²) in [5.41, 5.74) is 2.21. The van der Waals surface area contributed by atoms with Gasteiger partial charge in [0.2, 0.25) is 0 Å². The van der Waals surface area contributed by atoms with Crippen LogP contribution in [0.2, 0.25) is 0 Å². The fourth-order valence-electron chi connectivity index (χ4n) is 2.62. The standard InChI is InChI=1S/C13H17N3O.ClH/c1-17-11-4-2-3-10-12(15-16-13(10)11)9-5-7-14-8-6-9;/h2-4,9,14H,5-8H2,1H3,(H,15,16);1H. The molecular weight excluding hydrogens is 250 g/mol. The van der Waals surface area contributed by atoms with Crippen LogP contribution >= 0.6 is 12.4 Å². The van der Waals surface area contributed by atoms with E-state index >= 15 is 0 Å². The summed E-state index contributed by atoms with van der Waals surface area (Å²) in [4.78, 5) is 0. The lowest BCUT2D eigenvalue weighted by molar-refractivity contribution is 0.419. The molecule has 4 nitrogen and oxygen atoms in total. The maximum atomic E-state index is 5.33. The number of ether oxygens (including phenoxy) is 1. The van der Waals surface area contributed by atoms with Gasteiger partial charge in [-0.05, 0) is 32.0 Å². The smallest absolute Gasteiger partial charge is 0.146 e. The Morgan fingerprint density at radius 1 is 1.28 bits per heavy atom. The molecule has 1 aliphatic heterocycles. The second-order valence-corrected chi connectivity index (χ2v) is 4.52. The number of aromatic amines is 1. The van der Waals surface area contributed by atoms with Gasteiger partial charge in [-0.3, -0.25) is 5.10 Å². The molecule has 2 aromatic rings. The lowest BCUT2D eigenvalue weighted by atomic mass is 9.92. The number of hydrogen-bond donors (Lipinski definition) is 2. The van der Waals surface area contributed by atoms with Gasteiger partial charge in [0.25, 0.3) is 0 Å². The van der Waals surface area contributed by atoms with E-state index in [1.165, 1.54) is 23.9 Å². The Morgan fingerprint density at radius 3 is 2.78 bits per heavy atom. The third-order valence-corrected chi connectivity index (χ3v) is 3.54. The van der Waals surface area contributed by atoms with E-state index in [9.17, 15) is 0 Å². The number of benzene rings is 1. The average molecular weight is 268 g/mol. The number of nitrogens with one attached hydrogen (secondary N) is 2. The number of H-pyrrole nitrogens is 1. The first-order valence-corrected chi connectivity index (χ1v) is 6.12. The minimum atomic E-state index is 0. The molecule has 0 saturated carbocycles. The Hall–Kier alpha value is -1.26. The zero-order chi connectivity index (χ0) is 11.7. The van der Waals surface area contributed by atoms with Crippen molar-refractivity contribution < 1.29 is 4.74 Å². The summed E-state index contributed by atoms with van der Waals surface area (Å²) in [7, 11) is 1.69. The molecular formula is C13H18ClN3O. The predicted molar refractivity (Wildman–Crippen MR) is 74.7 cm³/mol. The van der Waals surface area contributed by atoms with E-state index in [4.69, 9.17) is 4.74 Å². The second-order valence-electron chi connectivity index (χ2n) is 4.52. The van der Waals surface area contributed by atoms with Gasteiger partial charge < -0.3 is 10.1 Å². The van der Waals surface area contributed by atoms with E-state index in [1.54, 1.807) is 7.11 Å². The fraction of sp³-hybridized carbons (Fsp3) is 0.462. The molecule has 1 fully saturated rings. The highest BCUT2D eigenvalue weighted by atomic mass is 35.5. The van der Waals surface area contributed by atoms with Crippen LogP contribution in [0, 0.1) is 0 Å². The third-order valence-electron chi connectivity index (χ3n) is 3.54. The highest BCUT2D eigenvalue weighted by Crippen LogP contribution is 2.32. The molecule has 18 heavy (non-hydrogen) atoms. The largest absolute Gasteiger partial charge is 0.494 e. The lowest BCUT2D eigenvalue weighted by Gasteiger charge is -2.21. The molecule has 1 aromatic carbocycles. The summed E-state index contributed by atoms with van der Waals surface area (Å²) < 4.78 is 5.33. The first kappa shape index (κ1) is 13.2. The van der Waals surface area contributed by atoms with Crippen LogP contribution in [-0.2, 0) is 0 Å². The Kier molecular flexibility index (Phi) is 4.09. The van der Waals surface area contributed by atoms with Crippen molar-refractivity contribution in [3.05, 3.63) is 23.9 Å². The summed E-state index contributed by atoms with van der Waals surface area (Å²) in [5.74, 6) is 1.44. The number of piperidine rings is 1. The van der Waals surface area contributed by atoms with Crippen molar-refractivity contribution in [1.29, 1.82) is 0 Å². The van der Waals surface area contributed by atoms with Crippen LogP contribution in [0.1, 0.15) is 24.5 Å². The Morgan fingerprint density at radius 2 is 2.06 bits per heavy atom. The van der Waals surface area contributed by atoms with E-state index in [1.807, 2.05) is 12.1 Å². The molecule has 0 radical (unpaired) electrons. The van der Waals surface area contributed by atoms with Crippen molar-refractivity contribution in [3.63, 3.8) is 0 Å². The maximum Gasteiger partial charge on any atom is 0.146 e. The topological polar surface area (TPSA) is 49.9 Å². The Bertz CT molecular complexity index is 520. The molecule has 0 aliphatic carbocycles. The normalized spacial score (nSPS) is 16.5. The van der Waals surface area contributed by atoms with Crippen LogP contribution in [0.3, 0.4) is 0 Å². The van der Waals surface area contributed by atoms with Gasteiger partial charge in [0.05, 0.1) is 7.11 Å². The van der Waals surface area contributed by atoms with Crippen molar-refractivity contribution in [2.24, 2.45) is 0 Å². The van der Waals surface area contributed by atoms with Crippen molar-refractivity contribution in [1.82, 2.24) is 15.5 Å². The van der Waals surface area contributed by atoms with Gasteiger partial charge in [0.1, 0.15) is 11.3 Å². The molecule has 0 spiro atoms. The highest BCUT2D eigenvalue weighted by Gasteiger charge is 2.20. The summed E-state index contributed by atoms with van der Waals surface area (Å²) in [6.07, 6.45) is 2.35. The van der Waals surface area contributed by atoms with Crippen LogP contribution in [0.15, 0.2) is 18.2 Å². The minimum Gasteiger partial charge on any atom is -0.494 e. The summed E-state index contributed by atoms with van der Waals surface area (Å²) in [5, 5.41) is 12.2. The van der Waals surface area contributed by atoms with Crippen molar-refractivity contribution in [2.75, 3.05) is 20.2 Å². The zero-order valence-corrected chi connectivity index (χ0v) is 11.2. The van der Waals surface area contributed by atoms with E-state index < -0.39 is 0 Å². The molecule has 5 heteroatoms. The zero-order valence-electron chi connectivity index (χ0n) is 10.4. The van der Waals surface area contributed by atoms with Gasteiger partial charge in [-0.2, -0.15) is 5.10 Å². The summed E-state index contributed by atoms with van der Waals surface area (Å²) >= 11 is 0. The van der Waals surface area contributed by atoms with Crippen molar-refractivity contribution >= 4 is 23.3 Å². The second kappa shape index (κ2) is 5.59. The molecule has 3 rings (SSSR count). The number of rotatable bonds is 2. The van der Waals surface area contributed by atoms with Crippen molar-refractivity contribution in [3.8, 4) is 5.75 Å². The number of methoxy groups -OCH3 is 1. The van der Waals surface area contributed by atoms with Crippen LogP contribution in [0.25, 0.3) is 10.9 Å². The van der Waals surface area contributed by atoms with Gasteiger partial charge >= 0.3 is 0 Å². The van der Waals surface area contributed by atoms with Gasteiger partial charge in [0, 0.05) is 17.0 Å². The quantitative estimate of drug-likeness (QED) is 0.879. The number of halogens is 1. The summed E-state index contributed by atoms with van der Waals surface area (Å²) in [6, 6.07) is 6.11. The predicted octanol–water partition coefficient (Wildman–Crippen LogP) is 2.46. The van der Waals surface area contributed by atoms with E-state index in [2.05, 4.69) is 21.6 Å². The number of para-hydroxylation sites is 1. The monoisotopic (exact) mass is 267 g/mol. The van der Waals surface area contributed by atoms with Crippen LogP contribution in [0.5, 0.6) is 5.75 Å². The molecule has 0 unspecified atom stereocenters. The van der Waals surface area contributed by atoms with E-state index in [0.717, 1.165) is 24.4 Å². The molecule has 98 valence electrons. The first-order valence-electron chi connectivity index (χ1n) is 6.12. The minimum absolute atomic E-state index is 0. The molecule has 0 amide bonds. The number of aromatic nitrogens is 2. The van der Waals surface area contributed by atoms with Gasteiger partial charge in [0.15, 0.2) is 0 Å². The fourth-order valence-corrected chi connectivity index (χ4v) is 2.62. The molecule has 1 aromatic heterocycles. The van der Waals surface area contributed by atoms with Crippen LogP contribution in [0.4, 0.5) is 0 Å². The van der Waals surface area contributed by atoms with Gasteiger partial charge in [-0.1, -0.05) is 12.1 Å². The molecule has 1 aliphatic rings. The third kappa shape index (κ3) is 2.18. The molecule has 2 heterocycles. The van der Waals surface area contributed by atoms with Crippen LogP contribution < -0.4 is 10.1 Å². The number of nitrogens with zero attached hydrogens (tertiary/aromatic N) is 1. The van der Waals surface area contributed by atoms with Crippen LogP contribution in [-0.4, -0.2) is 30.4 Å².